The van der Waals surface area contributed by atoms with Crippen molar-refractivity contribution in [2.45, 2.75) is 32.9 Å². The third kappa shape index (κ3) is 3.66. The van der Waals surface area contributed by atoms with Gasteiger partial charge in [0.05, 0.1) is 22.0 Å². The van der Waals surface area contributed by atoms with Crippen LogP contribution in [-0.4, -0.2) is 22.8 Å². The molecule has 0 spiro atoms. The molecule has 0 saturated heterocycles. The Morgan fingerprint density at radius 3 is 2.46 bits per heavy atom. The molecule has 9 heteroatoms. The minimum atomic E-state index is -4.81. The lowest BCUT2D eigenvalue weighted by atomic mass is 9.64. The van der Waals surface area contributed by atoms with Gasteiger partial charge in [0.2, 0.25) is 0 Å². The SMILES string of the molecule is CC1(C)CC(=O)C(C(=O)c2ccc(C(F)(F)F)cc2[N+](=O)[O-])CC1C=O. The Hall–Kier alpha value is -2.58. The van der Waals surface area contributed by atoms with Crippen LogP contribution in [0.25, 0.3) is 0 Å². The summed E-state index contributed by atoms with van der Waals surface area (Å²) in [5, 5.41) is 11.1. The van der Waals surface area contributed by atoms with Crippen molar-refractivity contribution >= 4 is 23.5 Å². The smallest absolute Gasteiger partial charge is 0.303 e. The summed E-state index contributed by atoms with van der Waals surface area (Å²) < 4.78 is 38.3. The van der Waals surface area contributed by atoms with E-state index in [9.17, 15) is 37.7 Å². The summed E-state index contributed by atoms with van der Waals surface area (Å²) in [5.74, 6) is -3.30. The van der Waals surface area contributed by atoms with E-state index in [1.807, 2.05) is 0 Å². The van der Waals surface area contributed by atoms with Gasteiger partial charge in [0.15, 0.2) is 5.78 Å². The topological polar surface area (TPSA) is 94.3 Å². The van der Waals surface area contributed by atoms with Crippen LogP contribution >= 0.6 is 0 Å². The van der Waals surface area contributed by atoms with E-state index < -0.39 is 56.7 Å². The van der Waals surface area contributed by atoms with Crippen molar-refractivity contribution < 1.29 is 32.5 Å². The third-order valence-electron chi connectivity index (χ3n) is 4.78. The van der Waals surface area contributed by atoms with Crippen molar-refractivity contribution in [3.05, 3.63) is 39.4 Å². The Balaban J connectivity index is 2.45. The first-order valence-electron chi connectivity index (χ1n) is 7.76. The van der Waals surface area contributed by atoms with Crippen LogP contribution in [-0.2, 0) is 15.8 Å². The van der Waals surface area contributed by atoms with Crippen LogP contribution in [0.4, 0.5) is 18.9 Å². The number of benzene rings is 1. The van der Waals surface area contributed by atoms with Crippen molar-refractivity contribution in [2.75, 3.05) is 0 Å². The zero-order valence-corrected chi connectivity index (χ0v) is 14.0. The number of carbonyl (C=O) groups is 3. The summed E-state index contributed by atoms with van der Waals surface area (Å²) in [7, 11) is 0. The van der Waals surface area contributed by atoms with Gasteiger partial charge in [0.1, 0.15) is 12.1 Å². The summed E-state index contributed by atoms with van der Waals surface area (Å²) in [6.45, 7) is 3.40. The Morgan fingerprint density at radius 1 is 1.35 bits per heavy atom. The molecule has 2 unspecified atom stereocenters. The van der Waals surface area contributed by atoms with E-state index in [4.69, 9.17) is 0 Å². The van der Waals surface area contributed by atoms with E-state index in [-0.39, 0.29) is 18.9 Å². The molecule has 6 nitrogen and oxygen atoms in total. The zero-order chi connectivity index (χ0) is 19.9. The van der Waals surface area contributed by atoms with Crippen LogP contribution in [0.15, 0.2) is 18.2 Å². The zero-order valence-electron chi connectivity index (χ0n) is 14.0. The number of hydrogen-bond donors (Lipinski definition) is 0. The Kier molecular flexibility index (Phi) is 5.03. The quantitative estimate of drug-likeness (QED) is 0.265. The van der Waals surface area contributed by atoms with Crippen LogP contribution in [0.1, 0.15) is 42.6 Å². The normalized spacial score (nSPS) is 22.7. The first kappa shape index (κ1) is 19.7. The molecule has 1 fully saturated rings. The molecule has 1 saturated carbocycles. The highest BCUT2D eigenvalue weighted by molar-refractivity contribution is 6.13. The number of aldehydes is 1. The predicted molar refractivity (Wildman–Crippen MR) is 83.5 cm³/mol. The Morgan fingerprint density at radius 2 is 1.96 bits per heavy atom. The highest BCUT2D eigenvalue weighted by atomic mass is 19.4. The number of alkyl halides is 3. The molecule has 0 heterocycles. The van der Waals surface area contributed by atoms with E-state index in [2.05, 4.69) is 0 Å². The number of rotatable bonds is 4. The van der Waals surface area contributed by atoms with Gasteiger partial charge in [-0.25, -0.2) is 0 Å². The first-order valence-corrected chi connectivity index (χ1v) is 7.76. The lowest BCUT2D eigenvalue weighted by molar-refractivity contribution is -0.385. The first-order chi connectivity index (χ1) is 11.9. The fraction of sp³-hybridized carbons (Fsp3) is 0.471. The molecule has 26 heavy (non-hydrogen) atoms. The number of halogens is 3. The monoisotopic (exact) mass is 371 g/mol. The summed E-state index contributed by atoms with van der Waals surface area (Å²) in [6.07, 6.45) is -4.36. The summed E-state index contributed by atoms with van der Waals surface area (Å²) >= 11 is 0. The van der Waals surface area contributed by atoms with Crippen LogP contribution < -0.4 is 0 Å². The van der Waals surface area contributed by atoms with E-state index in [1.54, 1.807) is 13.8 Å². The number of Topliss-reactive ketones (excluding diaryl/α,β-unsaturated/α-hetero) is 2. The number of nitro benzene ring substituents is 1. The van der Waals surface area contributed by atoms with E-state index in [0.29, 0.717) is 18.4 Å². The lowest BCUT2D eigenvalue weighted by Crippen LogP contribution is -2.41. The molecule has 0 radical (unpaired) electrons. The fourth-order valence-corrected chi connectivity index (χ4v) is 3.16. The lowest BCUT2D eigenvalue weighted by Gasteiger charge is -2.37. The molecular weight excluding hydrogens is 355 g/mol. The maximum Gasteiger partial charge on any atom is 0.416 e. The third-order valence-corrected chi connectivity index (χ3v) is 4.78. The second kappa shape index (κ2) is 6.62. The van der Waals surface area contributed by atoms with Crippen LogP contribution in [0, 0.1) is 27.4 Å². The second-order valence-corrected chi connectivity index (χ2v) is 7.01. The van der Waals surface area contributed by atoms with Crippen molar-refractivity contribution in [3.8, 4) is 0 Å². The molecule has 2 rings (SSSR count). The number of nitrogens with zero attached hydrogens (tertiary/aromatic N) is 1. The van der Waals surface area contributed by atoms with Gasteiger partial charge in [0, 0.05) is 18.4 Å². The van der Waals surface area contributed by atoms with Gasteiger partial charge in [0.25, 0.3) is 5.69 Å². The highest BCUT2D eigenvalue weighted by Crippen LogP contribution is 2.42. The summed E-state index contributed by atoms with van der Waals surface area (Å²) in [6, 6.07) is 1.56. The number of nitro groups is 1. The average molecular weight is 371 g/mol. The van der Waals surface area contributed by atoms with Gasteiger partial charge in [-0.3, -0.25) is 19.7 Å². The van der Waals surface area contributed by atoms with Crippen molar-refractivity contribution in [2.24, 2.45) is 17.3 Å². The molecule has 0 bridgehead atoms. The molecular formula is C17H16F3NO5. The van der Waals surface area contributed by atoms with Gasteiger partial charge >= 0.3 is 6.18 Å². The number of ketones is 2. The van der Waals surface area contributed by atoms with Gasteiger partial charge in [-0.1, -0.05) is 13.8 Å². The molecule has 1 aliphatic carbocycles. The molecule has 1 aromatic carbocycles. The maximum absolute atomic E-state index is 12.8. The minimum Gasteiger partial charge on any atom is -0.303 e. The Labute approximate surface area is 146 Å². The molecule has 1 aromatic rings. The molecule has 0 aromatic heterocycles. The Bertz CT molecular complexity index is 785. The highest BCUT2D eigenvalue weighted by Gasteiger charge is 2.45. The molecule has 1 aliphatic rings. The van der Waals surface area contributed by atoms with E-state index >= 15 is 0 Å². The summed E-state index contributed by atoms with van der Waals surface area (Å²) in [5.41, 5.74) is -3.49. The number of carbonyl (C=O) groups excluding carboxylic acids is 3. The molecule has 140 valence electrons. The predicted octanol–water partition coefficient (Wildman–Crippen LogP) is 3.62. The van der Waals surface area contributed by atoms with E-state index in [0.717, 1.165) is 0 Å². The molecule has 0 aliphatic heterocycles. The average Bonchev–Trinajstić information content (AvgIpc) is 2.52. The fourth-order valence-electron chi connectivity index (χ4n) is 3.16. The van der Waals surface area contributed by atoms with E-state index in [1.165, 1.54) is 0 Å². The van der Waals surface area contributed by atoms with Crippen LogP contribution in [0.3, 0.4) is 0 Å². The van der Waals surface area contributed by atoms with Gasteiger partial charge in [-0.2, -0.15) is 13.2 Å². The van der Waals surface area contributed by atoms with Crippen LogP contribution in [0.2, 0.25) is 0 Å². The largest absolute Gasteiger partial charge is 0.416 e. The van der Waals surface area contributed by atoms with Crippen molar-refractivity contribution in [3.63, 3.8) is 0 Å². The van der Waals surface area contributed by atoms with Crippen LogP contribution in [0.5, 0.6) is 0 Å². The molecule has 0 N–H and O–H groups in total. The second-order valence-electron chi connectivity index (χ2n) is 7.01. The summed E-state index contributed by atoms with van der Waals surface area (Å²) in [4.78, 5) is 46.3. The molecule has 0 amide bonds. The van der Waals surface area contributed by atoms with Gasteiger partial charge in [-0.15, -0.1) is 0 Å². The minimum absolute atomic E-state index is 0.0682. The van der Waals surface area contributed by atoms with Gasteiger partial charge < -0.3 is 4.79 Å². The number of hydrogen-bond acceptors (Lipinski definition) is 5. The van der Waals surface area contributed by atoms with Crippen molar-refractivity contribution in [1.82, 2.24) is 0 Å². The molecule has 2 atom stereocenters. The van der Waals surface area contributed by atoms with Crippen molar-refractivity contribution in [1.29, 1.82) is 0 Å². The maximum atomic E-state index is 12.8. The van der Waals surface area contributed by atoms with Gasteiger partial charge in [-0.05, 0) is 24.0 Å². The standard InChI is InChI=1S/C17H16F3NO5/c1-16(2)7-14(23)12(5-10(16)8-22)15(24)11-4-3-9(17(18,19)20)6-13(11)21(25)26/h3-4,6,8,10,12H,5,7H2,1-2H3.